The van der Waals surface area contributed by atoms with Crippen LogP contribution in [0.1, 0.15) is 37.7 Å². The van der Waals surface area contributed by atoms with E-state index < -0.39 is 0 Å². The summed E-state index contributed by atoms with van der Waals surface area (Å²) < 4.78 is 0. The van der Waals surface area contributed by atoms with E-state index in [9.17, 15) is 0 Å². The summed E-state index contributed by atoms with van der Waals surface area (Å²) in [6.07, 6.45) is 7.89. The van der Waals surface area contributed by atoms with Crippen LogP contribution in [-0.4, -0.2) is 35.8 Å². The fourth-order valence-corrected chi connectivity index (χ4v) is 3.07. The molecule has 1 aliphatic carbocycles. The zero-order valence-electron chi connectivity index (χ0n) is 12.1. The first-order valence-corrected chi connectivity index (χ1v) is 7.90. The summed E-state index contributed by atoms with van der Waals surface area (Å²) in [5, 5.41) is 12.7. The molecule has 2 aliphatic rings. The van der Waals surface area contributed by atoms with Crippen LogP contribution in [0, 0.1) is 5.92 Å². The maximum Gasteiger partial charge on any atom is 0.133 e. The zero-order chi connectivity index (χ0) is 13.8. The Morgan fingerprint density at radius 2 is 2.25 bits per heavy atom. The van der Waals surface area contributed by atoms with E-state index in [1.165, 1.54) is 31.2 Å². The van der Waals surface area contributed by atoms with Crippen molar-refractivity contribution in [2.24, 2.45) is 5.92 Å². The lowest BCUT2D eigenvalue weighted by molar-refractivity contribution is 0.244. The molecule has 1 aliphatic heterocycles. The van der Waals surface area contributed by atoms with E-state index in [4.69, 9.17) is 5.11 Å². The van der Waals surface area contributed by atoms with Crippen molar-refractivity contribution in [2.45, 2.75) is 44.7 Å². The van der Waals surface area contributed by atoms with E-state index in [0.29, 0.717) is 12.5 Å². The highest BCUT2D eigenvalue weighted by Crippen LogP contribution is 2.27. The molecule has 0 bridgehead atoms. The molecule has 0 radical (unpaired) electrons. The molecule has 0 amide bonds. The van der Waals surface area contributed by atoms with Crippen molar-refractivity contribution < 1.29 is 5.11 Å². The number of aliphatic hydroxyl groups excluding tert-OH is 1. The number of nitrogens with one attached hydrogen (secondary N) is 1. The first kappa shape index (κ1) is 13.8. The maximum absolute atomic E-state index is 9.14. The molecule has 1 saturated heterocycles. The minimum absolute atomic E-state index is 0.302. The van der Waals surface area contributed by atoms with Crippen molar-refractivity contribution in [1.82, 2.24) is 10.3 Å². The Bertz CT molecular complexity index is 431. The van der Waals surface area contributed by atoms with Gasteiger partial charge in [0.25, 0.3) is 0 Å². The van der Waals surface area contributed by atoms with Crippen LogP contribution < -0.4 is 10.2 Å². The van der Waals surface area contributed by atoms with Crippen molar-refractivity contribution in [3.05, 3.63) is 23.9 Å². The molecule has 1 atom stereocenters. The molecule has 2 fully saturated rings. The molecule has 0 aromatic carbocycles. The van der Waals surface area contributed by atoms with Gasteiger partial charge in [0.1, 0.15) is 5.82 Å². The molecule has 20 heavy (non-hydrogen) atoms. The lowest BCUT2D eigenvalue weighted by atomic mass is 9.95. The third kappa shape index (κ3) is 3.49. The number of aromatic nitrogens is 1. The molecule has 110 valence electrons. The van der Waals surface area contributed by atoms with Crippen molar-refractivity contribution in [2.75, 3.05) is 24.6 Å². The number of rotatable bonds is 6. The smallest absolute Gasteiger partial charge is 0.133 e. The predicted octanol–water partition coefficient (Wildman–Crippen LogP) is 1.93. The lowest BCUT2D eigenvalue weighted by Crippen LogP contribution is -2.37. The molecular weight excluding hydrogens is 250 g/mol. The van der Waals surface area contributed by atoms with Gasteiger partial charge in [0.15, 0.2) is 0 Å². The molecule has 1 aromatic rings. The largest absolute Gasteiger partial charge is 0.396 e. The molecule has 1 aromatic heterocycles. The van der Waals surface area contributed by atoms with Gasteiger partial charge in [-0.2, -0.15) is 0 Å². The summed E-state index contributed by atoms with van der Waals surface area (Å²) in [6.45, 7) is 3.36. The second-order valence-corrected chi connectivity index (χ2v) is 6.11. The second-order valence-electron chi connectivity index (χ2n) is 6.11. The van der Waals surface area contributed by atoms with E-state index in [0.717, 1.165) is 37.9 Å². The zero-order valence-corrected chi connectivity index (χ0v) is 12.1. The van der Waals surface area contributed by atoms with E-state index in [2.05, 4.69) is 21.3 Å². The summed E-state index contributed by atoms with van der Waals surface area (Å²) in [4.78, 5) is 7.03. The summed E-state index contributed by atoms with van der Waals surface area (Å²) in [5.74, 6) is 1.75. The van der Waals surface area contributed by atoms with Gasteiger partial charge in [0.2, 0.25) is 0 Å². The van der Waals surface area contributed by atoms with E-state index in [1.807, 2.05) is 12.3 Å². The summed E-state index contributed by atoms with van der Waals surface area (Å²) in [6, 6.07) is 4.95. The highest BCUT2D eigenvalue weighted by atomic mass is 16.3. The Hall–Kier alpha value is -1.13. The van der Waals surface area contributed by atoms with Crippen LogP contribution in [0.15, 0.2) is 18.3 Å². The highest BCUT2D eigenvalue weighted by Gasteiger charge is 2.24. The topological polar surface area (TPSA) is 48.4 Å². The normalized spacial score (nSPS) is 23.1. The quantitative estimate of drug-likeness (QED) is 0.833. The number of hydrogen-bond donors (Lipinski definition) is 2. The minimum Gasteiger partial charge on any atom is -0.396 e. The molecule has 2 heterocycles. The van der Waals surface area contributed by atoms with Crippen LogP contribution in [-0.2, 0) is 6.54 Å². The Labute approximate surface area is 121 Å². The van der Waals surface area contributed by atoms with Crippen molar-refractivity contribution in [1.29, 1.82) is 0 Å². The Morgan fingerprint density at radius 1 is 1.35 bits per heavy atom. The molecular formula is C16H25N3O. The van der Waals surface area contributed by atoms with E-state index in [1.54, 1.807) is 0 Å². The Morgan fingerprint density at radius 3 is 3.05 bits per heavy atom. The van der Waals surface area contributed by atoms with Gasteiger partial charge in [-0.3, -0.25) is 0 Å². The van der Waals surface area contributed by atoms with Crippen molar-refractivity contribution in [3.8, 4) is 0 Å². The SMILES string of the molecule is OCCC1CCCN(c2ncccc2CNC2CC2)C1. The van der Waals surface area contributed by atoms with Gasteiger partial charge in [-0.1, -0.05) is 6.07 Å². The molecule has 4 nitrogen and oxygen atoms in total. The van der Waals surface area contributed by atoms with Crippen LogP contribution in [0.25, 0.3) is 0 Å². The summed E-state index contributed by atoms with van der Waals surface area (Å²) in [7, 11) is 0. The molecule has 4 heteroatoms. The Balaban J connectivity index is 1.67. The van der Waals surface area contributed by atoms with Gasteiger partial charge >= 0.3 is 0 Å². The standard InChI is InChI=1S/C16H25N3O/c20-10-7-13-3-2-9-19(12-13)16-14(4-1-8-17-16)11-18-15-5-6-15/h1,4,8,13,15,18,20H,2-3,5-7,9-12H2. The van der Waals surface area contributed by atoms with Crippen molar-refractivity contribution >= 4 is 5.82 Å². The average Bonchev–Trinajstić information content (AvgIpc) is 3.30. The number of aliphatic hydroxyl groups is 1. The van der Waals surface area contributed by atoms with E-state index in [-0.39, 0.29) is 0 Å². The van der Waals surface area contributed by atoms with Crippen LogP contribution in [0.2, 0.25) is 0 Å². The molecule has 1 unspecified atom stereocenters. The van der Waals surface area contributed by atoms with Gasteiger partial charge < -0.3 is 15.3 Å². The first-order valence-electron chi connectivity index (χ1n) is 7.90. The number of piperidine rings is 1. The Kier molecular flexibility index (Phi) is 4.53. The van der Waals surface area contributed by atoms with Crippen LogP contribution in [0.3, 0.4) is 0 Å². The highest BCUT2D eigenvalue weighted by molar-refractivity contribution is 5.47. The monoisotopic (exact) mass is 275 g/mol. The maximum atomic E-state index is 9.14. The second kappa shape index (κ2) is 6.55. The van der Waals surface area contributed by atoms with Gasteiger partial charge in [0, 0.05) is 44.0 Å². The van der Waals surface area contributed by atoms with Crippen molar-refractivity contribution in [3.63, 3.8) is 0 Å². The van der Waals surface area contributed by atoms with Gasteiger partial charge in [-0.05, 0) is 44.1 Å². The fraction of sp³-hybridized carbons (Fsp3) is 0.688. The van der Waals surface area contributed by atoms with Crippen LogP contribution >= 0.6 is 0 Å². The number of nitrogens with zero attached hydrogens (tertiary/aromatic N) is 2. The van der Waals surface area contributed by atoms with Gasteiger partial charge in [-0.25, -0.2) is 4.98 Å². The number of anilines is 1. The fourth-order valence-electron chi connectivity index (χ4n) is 3.07. The minimum atomic E-state index is 0.302. The van der Waals surface area contributed by atoms with E-state index >= 15 is 0 Å². The third-order valence-corrected chi connectivity index (χ3v) is 4.38. The predicted molar refractivity (Wildman–Crippen MR) is 80.7 cm³/mol. The van der Waals surface area contributed by atoms with Crippen LogP contribution in [0.4, 0.5) is 5.82 Å². The molecule has 2 N–H and O–H groups in total. The lowest BCUT2D eigenvalue weighted by Gasteiger charge is -2.34. The number of hydrogen-bond acceptors (Lipinski definition) is 4. The molecule has 1 saturated carbocycles. The first-order chi connectivity index (χ1) is 9.86. The molecule has 0 spiro atoms. The number of pyridine rings is 1. The van der Waals surface area contributed by atoms with Gasteiger partial charge in [0.05, 0.1) is 0 Å². The van der Waals surface area contributed by atoms with Gasteiger partial charge in [-0.15, -0.1) is 0 Å². The molecule has 3 rings (SSSR count). The van der Waals surface area contributed by atoms with Crippen LogP contribution in [0.5, 0.6) is 0 Å². The average molecular weight is 275 g/mol. The third-order valence-electron chi connectivity index (χ3n) is 4.38. The summed E-state index contributed by atoms with van der Waals surface area (Å²) >= 11 is 0. The summed E-state index contributed by atoms with van der Waals surface area (Å²) in [5.41, 5.74) is 1.31.